The summed E-state index contributed by atoms with van der Waals surface area (Å²) in [5, 5.41) is 0.818. The number of ether oxygens (including phenoxy) is 1. The third-order valence-electron chi connectivity index (χ3n) is 4.38. The highest BCUT2D eigenvalue weighted by molar-refractivity contribution is 6.37. The molecule has 0 saturated carbocycles. The largest absolute Gasteiger partial charge is 0.469 e. The number of rotatable bonds is 2. The van der Waals surface area contributed by atoms with Crippen LogP contribution in [0.1, 0.15) is 23.5 Å². The average molecular weight is 396 g/mol. The molecule has 26 heavy (non-hydrogen) atoms. The second-order valence-electron chi connectivity index (χ2n) is 5.91. The molecule has 7 nitrogen and oxygen atoms in total. The van der Waals surface area contributed by atoms with Crippen LogP contribution in [0.4, 0.5) is 5.82 Å². The number of esters is 1. The van der Waals surface area contributed by atoms with Gasteiger partial charge in [-0.15, -0.1) is 0 Å². The number of aliphatic imine (C=N–C) groups is 1. The smallest absolute Gasteiger partial charge is 0.332 e. The predicted molar refractivity (Wildman–Crippen MR) is 99.0 cm³/mol. The summed E-state index contributed by atoms with van der Waals surface area (Å²) in [5.74, 6) is -1.35. The molecule has 1 atom stereocenters. The summed E-state index contributed by atoms with van der Waals surface area (Å²) in [4.78, 5) is 41.7. The van der Waals surface area contributed by atoms with E-state index >= 15 is 0 Å². The highest BCUT2D eigenvalue weighted by atomic mass is 35.5. The van der Waals surface area contributed by atoms with Crippen molar-refractivity contribution in [3.63, 3.8) is 0 Å². The normalized spacial score (nSPS) is 16.0. The number of carbonyl (C=O) groups excluding carboxylic acids is 1. The highest BCUT2D eigenvalue weighted by Gasteiger charge is 2.35. The Kier molecular flexibility index (Phi) is 4.77. The zero-order chi connectivity index (χ0) is 19.2. The van der Waals surface area contributed by atoms with Crippen molar-refractivity contribution in [2.75, 3.05) is 7.11 Å². The van der Waals surface area contributed by atoms with Gasteiger partial charge in [0.05, 0.1) is 29.3 Å². The molecule has 0 amide bonds. The van der Waals surface area contributed by atoms with Crippen LogP contribution in [-0.4, -0.2) is 27.9 Å². The topological polar surface area (TPSA) is 82.7 Å². The zero-order valence-electron chi connectivity index (χ0n) is 14.2. The van der Waals surface area contributed by atoms with Crippen LogP contribution in [0.3, 0.4) is 0 Å². The molecule has 1 unspecified atom stereocenters. The SMILES string of the molecule is COC(=O)C1CC(c2ccc(Cl)cc2Cl)=Nc2c1c(=O)n(C)c(=O)n2C. The molecule has 0 fully saturated rings. The van der Waals surface area contributed by atoms with Crippen LogP contribution in [0.25, 0.3) is 0 Å². The van der Waals surface area contributed by atoms with E-state index < -0.39 is 23.1 Å². The molecule has 2 heterocycles. The third kappa shape index (κ3) is 2.87. The van der Waals surface area contributed by atoms with E-state index in [1.807, 2.05) is 0 Å². The number of fused-ring (bicyclic) bond motifs is 1. The van der Waals surface area contributed by atoms with Crippen LogP contribution in [0.15, 0.2) is 32.8 Å². The Labute approximate surface area is 158 Å². The summed E-state index contributed by atoms with van der Waals surface area (Å²) in [6, 6.07) is 4.89. The van der Waals surface area contributed by atoms with Gasteiger partial charge in [-0.1, -0.05) is 29.3 Å². The Morgan fingerprint density at radius 3 is 2.54 bits per heavy atom. The Bertz CT molecular complexity index is 1070. The number of benzene rings is 1. The molecule has 0 saturated heterocycles. The van der Waals surface area contributed by atoms with Gasteiger partial charge in [0.2, 0.25) is 0 Å². The molecule has 0 aliphatic carbocycles. The number of aromatic nitrogens is 2. The fraction of sp³-hybridized carbons (Fsp3) is 0.294. The van der Waals surface area contributed by atoms with Gasteiger partial charge < -0.3 is 4.74 Å². The Hall–Kier alpha value is -2.38. The predicted octanol–water partition coefficient (Wildman–Crippen LogP) is 2.17. The van der Waals surface area contributed by atoms with Crippen molar-refractivity contribution in [1.29, 1.82) is 0 Å². The molecule has 0 radical (unpaired) electrons. The molecule has 1 aromatic heterocycles. The molecular weight excluding hydrogens is 381 g/mol. The fourth-order valence-corrected chi connectivity index (χ4v) is 3.52. The van der Waals surface area contributed by atoms with Gasteiger partial charge in [0.15, 0.2) is 0 Å². The minimum atomic E-state index is -0.889. The maximum Gasteiger partial charge on any atom is 0.332 e. The Balaban J connectivity index is 2.33. The monoisotopic (exact) mass is 395 g/mol. The minimum absolute atomic E-state index is 0.120. The molecule has 0 spiro atoms. The van der Waals surface area contributed by atoms with Gasteiger partial charge in [0, 0.05) is 31.1 Å². The van der Waals surface area contributed by atoms with Crippen molar-refractivity contribution in [1.82, 2.24) is 9.13 Å². The van der Waals surface area contributed by atoms with E-state index in [-0.39, 0.29) is 17.8 Å². The molecule has 1 aliphatic rings. The average Bonchev–Trinajstić information content (AvgIpc) is 2.63. The van der Waals surface area contributed by atoms with Crippen molar-refractivity contribution < 1.29 is 9.53 Å². The molecule has 1 aliphatic heterocycles. The number of nitrogens with zero attached hydrogens (tertiary/aromatic N) is 3. The lowest BCUT2D eigenvalue weighted by molar-refractivity contribution is -0.142. The second-order valence-corrected chi connectivity index (χ2v) is 6.75. The van der Waals surface area contributed by atoms with Gasteiger partial charge in [0.25, 0.3) is 5.56 Å². The molecule has 9 heteroatoms. The van der Waals surface area contributed by atoms with E-state index in [9.17, 15) is 14.4 Å². The van der Waals surface area contributed by atoms with Crippen molar-refractivity contribution in [2.24, 2.45) is 19.1 Å². The number of carbonyl (C=O) groups is 1. The number of halogens is 2. The summed E-state index contributed by atoms with van der Waals surface area (Å²) in [7, 11) is 4.09. The van der Waals surface area contributed by atoms with E-state index in [0.29, 0.717) is 21.3 Å². The van der Waals surface area contributed by atoms with E-state index in [2.05, 4.69) is 4.99 Å². The van der Waals surface area contributed by atoms with Gasteiger partial charge in [0.1, 0.15) is 5.82 Å². The highest BCUT2D eigenvalue weighted by Crippen LogP contribution is 2.35. The maximum absolute atomic E-state index is 12.6. The summed E-state index contributed by atoms with van der Waals surface area (Å²) in [6.45, 7) is 0. The van der Waals surface area contributed by atoms with Gasteiger partial charge >= 0.3 is 11.7 Å². The van der Waals surface area contributed by atoms with Crippen LogP contribution >= 0.6 is 23.2 Å². The van der Waals surface area contributed by atoms with Gasteiger partial charge in [-0.25, -0.2) is 9.79 Å². The van der Waals surface area contributed by atoms with Crippen molar-refractivity contribution >= 4 is 40.7 Å². The van der Waals surface area contributed by atoms with E-state index in [1.165, 1.54) is 25.8 Å². The molecule has 136 valence electrons. The van der Waals surface area contributed by atoms with Crippen molar-refractivity contribution in [3.8, 4) is 0 Å². The molecule has 0 bridgehead atoms. The first-order valence-corrected chi connectivity index (χ1v) is 8.42. The first-order valence-electron chi connectivity index (χ1n) is 7.67. The summed E-state index contributed by atoms with van der Waals surface area (Å²) in [5.41, 5.74) is 0.0740. The lowest BCUT2D eigenvalue weighted by Gasteiger charge is -2.24. The van der Waals surface area contributed by atoms with Crippen molar-refractivity contribution in [2.45, 2.75) is 12.3 Å². The quantitative estimate of drug-likeness (QED) is 0.729. The minimum Gasteiger partial charge on any atom is -0.469 e. The molecular formula is C17H15Cl2N3O4. The molecule has 0 N–H and O–H groups in total. The lowest BCUT2D eigenvalue weighted by atomic mass is 9.89. The summed E-state index contributed by atoms with van der Waals surface area (Å²) < 4.78 is 7.04. The van der Waals surface area contributed by atoms with Crippen LogP contribution in [-0.2, 0) is 23.6 Å². The van der Waals surface area contributed by atoms with Crippen molar-refractivity contribution in [3.05, 3.63) is 60.2 Å². The van der Waals surface area contributed by atoms with Crippen LogP contribution < -0.4 is 11.2 Å². The summed E-state index contributed by atoms with van der Waals surface area (Å²) in [6.07, 6.45) is 0.120. The molecule has 1 aromatic carbocycles. The first kappa shape index (κ1) is 18.4. The maximum atomic E-state index is 12.6. The Morgan fingerprint density at radius 1 is 1.23 bits per heavy atom. The lowest BCUT2D eigenvalue weighted by Crippen LogP contribution is -2.42. The Morgan fingerprint density at radius 2 is 1.92 bits per heavy atom. The van der Waals surface area contributed by atoms with Gasteiger partial charge in [-0.05, 0) is 12.1 Å². The molecule has 3 rings (SSSR count). The van der Waals surface area contributed by atoms with E-state index in [4.69, 9.17) is 27.9 Å². The number of hydrogen-bond donors (Lipinski definition) is 0. The van der Waals surface area contributed by atoms with Gasteiger partial charge in [-0.3, -0.25) is 18.7 Å². The van der Waals surface area contributed by atoms with Crippen LogP contribution in [0.5, 0.6) is 0 Å². The van der Waals surface area contributed by atoms with E-state index in [0.717, 1.165) is 4.57 Å². The third-order valence-corrected chi connectivity index (χ3v) is 4.93. The standard InChI is InChI=1S/C17H15Cl2N3O4/c1-21-14-13(15(23)22(2)17(21)25)10(16(24)26-3)7-12(20-14)9-5-4-8(18)6-11(9)19/h4-6,10H,7H2,1-3H3. The molecule has 2 aromatic rings. The second kappa shape index (κ2) is 6.74. The van der Waals surface area contributed by atoms with Crippen LogP contribution in [0.2, 0.25) is 10.0 Å². The fourth-order valence-electron chi connectivity index (χ4n) is 3.01. The first-order chi connectivity index (χ1) is 12.3. The number of hydrogen-bond acceptors (Lipinski definition) is 5. The van der Waals surface area contributed by atoms with Crippen LogP contribution in [0, 0.1) is 0 Å². The number of methoxy groups -OCH3 is 1. The summed E-state index contributed by atoms with van der Waals surface area (Å²) >= 11 is 12.2. The van der Waals surface area contributed by atoms with E-state index in [1.54, 1.807) is 18.2 Å². The zero-order valence-corrected chi connectivity index (χ0v) is 15.8. The van der Waals surface area contributed by atoms with Gasteiger partial charge in [-0.2, -0.15) is 0 Å².